The average Bonchev–Trinajstić information content (AvgIpc) is 3.24. The molecule has 0 aliphatic carbocycles. The topological polar surface area (TPSA) is 91.1 Å². The molecular formula is C17H14F4N6O. The van der Waals surface area contributed by atoms with Crippen LogP contribution in [0.1, 0.15) is 12.6 Å². The van der Waals surface area contributed by atoms with Crippen LogP contribution in [0.15, 0.2) is 30.9 Å². The van der Waals surface area contributed by atoms with Crippen LogP contribution in [0.2, 0.25) is 0 Å². The molecule has 4 rings (SSSR count). The van der Waals surface area contributed by atoms with E-state index in [4.69, 9.17) is 0 Å². The van der Waals surface area contributed by atoms with Gasteiger partial charge < -0.3 is 15.4 Å². The number of aromatic amines is 1. The summed E-state index contributed by atoms with van der Waals surface area (Å²) in [6.07, 6.45) is 1.48. The molecule has 0 fully saturated rings. The zero-order chi connectivity index (χ0) is 20.1. The number of halogens is 4. The first-order chi connectivity index (χ1) is 13.3. The quantitative estimate of drug-likeness (QED) is 0.462. The van der Waals surface area contributed by atoms with E-state index in [9.17, 15) is 22.7 Å². The molecule has 0 saturated heterocycles. The van der Waals surface area contributed by atoms with E-state index in [0.29, 0.717) is 27.9 Å². The van der Waals surface area contributed by atoms with Gasteiger partial charge in [0.2, 0.25) is 5.95 Å². The van der Waals surface area contributed by atoms with Crippen molar-refractivity contribution in [3.63, 3.8) is 0 Å². The minimum absolute atomic E-state index is 0.0801. The minimum Gasteiger partial charge on any atom is -0.390 e. The van der Waals surface area contributed by atoms with Crippen LogP contribution in [0.3, 0.4) is 0 Å². The van der Waals surface area contributed by atoms with E-state index >= 15 is 0 Å². The normalized spacial score (nSPS) is 13.4. The fourth-order valence-electron chi connectivity index (χ4n) is 2.85. The lowest BCUT2D eigenvalue weighted by molar-refractivity contribution is -0.138. The Hall–Kier alpha value is -3.21. The van der Waals surface area contributed by atoms with Crippen LogP contribution in [0.25, 0.3) is 27.8 Å². The van der Waals surface area contributed by atoms with Gasteiger partial charge in [-0.25, -0.2) is 14.4 Å². The second kappa shape index (κ2) is 6.44. The van der Waals surface area contributed by atoms with Gasteiger partial charge in [-0.2, -0.15) is 18.2 Å². The lowest BCUT2D eigenvalue weighted by Gasteiger charge is -2.16. The summed E-state index contributed by atoms with van der Waals surface area (Å²) in [7, 11) is 0. The van der Waals surface area contributed by atoms with Crippen LogP contribution in [0.4, 0.5) is 23.5 Å². The second-order valence-electron chi connectivity index (χ2n) is 6.24. The first-order valence-electron chi connectivity index (χ1n) is 8.22. The van der Waals surface area contributed by atoms with E-state index < -0.39 is 18.0 Å². The zero-order valence-corrected chi connectivity index (χ0v) is 14.4. The van der Waals surface area contributed by atoms with Crippen LogP contribution < -0.4 is 5.32 Å². The number of aliphatic hydroxyl groups is 1. The van der Waals surface area contributed by atoms with Crippen molar-refractivity contribution in [1.82, 2.24) is 24.3 Å². The van der Waals surface area contributed by atoms with Crippen LogP contribution in [0, 0.1) is 5.82 Å². The summed E-state index contributed by atoms with van der Waals surface area (Å²) in [4.78, 5) is 14.8. The molecule has 3 N–H and O–H groups in total. The number of alkyl halides is 3. The summed E-state index contributed by atoms with van der Waals surface area (Å²) in [5, 5.41) is 12.1. The number of aliphatic hydroxyl groups excluding tert-OH is 1. The lowest BCUT2D eigenvalue weighted by Crippen LogP contribution is -2.33. The third-order valence-electron chi connectivity index (χ3n) is 4.38. The predicted molar refractivity (Wildman–Crippen MR) is 93.1 cm³/mol. The van der Waals surface area contributed by atoms with E-state index in [1.54, 1.807) is 12.4 Å². The summed E-state index contributed by atoms with van der Waals surface area (Å²) in [6.45, 7) is 0.656. The summed E-state index contributed by atoms with van der Waals surface area (Å²) >= 11 is 0. The third kappa shape index (κ3) is 3.03. The van der Waals surface area contributed by atoms with Gasteiger partial charge in [0.1, 0.15) is 11.7 Å². The maximum absolute atomic E-state index is 14.4. The van der Waals surface area contributed by atoms with Crippen molar-refractivity contribution in [3.05, 3.63) is 42.4 Å². The SMILES string of the molecule is C[C@@H](Nc1ncc2c(-c3cc(F)c4ncc(CO)n4c3)c[nH]c2n1)C(F)(F)F. The molecule has 146 valence electrons. The van der Waals surface area contributed by atoms with Gasteiger partial charge in [-0.05, 0) is 13.0 Å². The average molecular weight is 394 g/mol. The molecule has 28 heavy (non-hydrogen) atoms. The number of imidazole rings is 1. The van der Waals surface area contributed by atoms with Gasteiger partial charge in [0.05, 0.1) is 18.5 Å². The van der Waals surface area contributed by atoms with E-state index in [1.165, 1.54) is 22.9 Å². The molecule has 0 bridgehead atoms. The van der Waals surface area contributed by atoms with Gasteiger partial charge in [0.15, 0.2) is 11.5 Å². The Morgan fingerprint density at radius 3 is 2.79 bits per heavy atom. The number of hydrogen-bond donors (Lipinski definition) is 3. The molecular weight excluding hydrogens is 380 g/mol. The molecule has 0 aromatic carbocycles. The molecule has 0 saturated carbocycles. The van der Waals surface area contributed by atoms with Gasteiger partial charge in [-0.15, -0.1) is 0 Å². The number of rotatable bonds is 4. The monoisotopic (exact) mass is 394 g/mol. The summed E-state index contributed by atoms with van der Waals surface area (Å²) in [6, 6.07) is -0.529. The van der Waals surface area contributed by atoms with Gasteiger partial charge in [0, 0.05) is 35.1 Å². The Bertz CT molecular complexity index is 1170. The second-order valence-corrected chi connectivity index (χ2v) is 6.24. The first kappa shape index (κ1) is 18.2. The maximum atomic E-state index is 14.4. The molecule has 7 nitrogen and oxygen atoms in total. The number of H-pyrrole nitrogens is 1. The minimum atomic E-state index is -4.43. The molecule has 4 heterocycles. The molecule has 0 unspecified atom stereocenters. The largest absolute Gasteiger partial charge is 0.408 e. The fraction of sp³-hybridized carbons (Fsp3) is 0.235. The van der Waals surface area contributed by atoms with E-state index in [2.05, 4.69) is 25.3 Å². The first-order valence-corrected chi connectivity index (χ1v) is 8.22. The number of aromatic nitrogens is 5. The number of fused-ring (bicyclic) bond motifs is 2. The number of nitrogens with one attached hydrogen (secondary N) is 2. The summed E-state index contributed by atoms with van der Waals surface area (Å²) in [5.41, 5.74) is 1.83. The predicted octanol–water partition coefficient (Wildman–Crippen LogP) is 3.27. The molecule has 0 spiro atoms. The van der Waals surface area contributed by atoms with Gasteiger partial charge in [0.25, 0.3) is 0 Å². The standard InChI is InChI=1S/C17H14F4N6O/c1-8(17(19,20)21)25-16-24-5-12-11(4-22-14(12)26-16)9-2-13(18)15-23-3-10(7-28)27(15)6-9/h2-6,8,28H,7H2,1H3,(H2,22,24,25,26)/t8-/m1/s1. The van der Waals surface area contributed by atoms with Crippen molar-refractivity contribution in [2.24, 2.45) is 0 Å². The van der Waals surface area contributed by atoms with Crippen LogP contribution in [-0.4, -0.2) is 41.7 Å². The lowest BCUT2D eigenvalue weighted by atomic mass is 10.1. The maximum Gasteiger partial charge on any atom is 0.408 e. The molecule has 0 radical (unpaired) electrons. The van der Waals surface area contributed by atoms with Crippen LogP contribution in [0.5, 0.6) is 0 Å². The highest BCUT2D eigenvalue weighted by molar-refractivity contribution is 5.93. The Morgan fingerprint density at radius 1 is 1.29 bits per heavy atom. The Morgan fingerprint density at radius 2 is 2.07 bits per heavy atom. The summed E-state index contributed by atoms with van der Waals surface area (Å²) < 4.78 is 53.9. The van der Waals surface area contributed by atoms with Crippen molar-refractivity contribution in [2.45, 2.75) is 25.7 Å². The van der Waals surface area contributed by atoms with E-state index in [-0.39, 0.29) is 18.2 Å². The molecule has 4 aromatic heterocycles. The van der Waals surface area contributed by atoms with Gasteiger partial charge >= 0.3 is 6.18 Å². The fourth-order valence-corrected chi connectivity index (χ4v) is 2.85. The molecule has 11 heteroatoms. The highest BCUT2D eigenvalue weighted by Crippen LogP contribution is 2.30. The molecule has 1 atom stereocenters. The molecule has 4 aromatic rings. The Labute approximate surface area is 155 Å². The zero-order valence-electron chi connectivity index (χ0n) is 14.4. The number of anilines is 1. The van der Waals surface area contributed by atoms with Crippen LogP contribution >= 0.6 is 0 Å². The van der Waals surface area contributed by atoms with Gasteiger partial charge in [-0.3, -0.25) is 4.40 Å². The van der Waals surface area contributed by atoms with Crippen molar-refractivity contribution in [1.29, 1.82) is 0 Å². The molecule has 0 aliphatic rings. The van der Waals surface area contributed by atoms with E-state index in [1.807, 2.05) is 0 Å². The van der Waals surface area contributed by atoms with Crippen LogP contribution in [-0.2, 0) is 6.61 Å². The van der Waals surface area contributed by atoms with Crippen molar-refractivity contribution < 1.29 is 22.7 Å². The van der Waals surface area contributed by atoms with Crippen molar-refractivity contribution in [3.8, 4) is 11.1 Å². The Kier molecular flexibility index (Phi) is 4.18. The highest BCUT2D eigenvalue weighted by atomic mass is 19.4. The van der Waals surface area contributed by atoms with Gasteiger partial charge in [-0.1, -0.05) is 0 Å². The third-order valence-corrected chi connectivity index (χ3v) is 4.38. The molecule has 0 aliphatic heterocycles. The highest BCUT2D eigenvalue weighted by Gasteiger charge is 2.36. The number of nitrogens with zero attached hydrogens (tertiary/aromatic N) is 4. The summed E-state index contributed by atoms with van der Waals surface area (Å²) in [5.74, 6) is -0.755. The smallest absolute Gasteiger partial charge is 0.390 e. The van der Waals surface area contributed by atoms with Crippen molar-refractivity contribution in [2.75, 3.05) is 5.32 Å². The molecule has 0 amide bonds. The van der Waals surface area contributed by atoms with E-state index in [0.717, 1.165) is 6.92 Å². The van der Waals surface area contributed by atoms with Crippen molar-refractivity contribution >= 4 is 22.6 Å². The number of pyridine rings is 1. The Balaban J connectivity index is 1.75. The number of hydrogen-bond acceptors (Lipinski definition) is 5.